The summed E-state index contributed by atoms with van der Waals surface area (Å²) in [6.45, 7) is 7.56. The van der Waals surface area contributed by atoms with Crippen LogP contribution in [0.1, 0.15) is 77.1 Å². The van der Waals surface area contributed by atoms with Crippen molar-refractivity contribution < 1.29 is 63.0 Å². The quantitative estimate of drug-likeness (QED) is 0.0790. The van der Waals surface area contributed by atoms with Gasteiger partial charge < -0.3 is 74.2 Å². The Morgan fingerprint density at radius 3 is 1.79 bits per heavy atom. The number of amides is 4. The molecule has 8 N–H and O–H groups in total. The van der Waals surface area contributed by atoms with E-state index in [4.69, 9.17) is 23.4 Å². The summed E-state index contributed by atoms with van der Waals surface area (Å²) in [6, 6.07) is 7.73. The molecule has 9 atom stereocenters. The van der Waals surface area contributed by atoms with Crippen LogP contribution in [0.4, 0.5) is 9.59 Å². The zero-order valence-electron chi connectivity index (χ0n) is 40.2. The van der Waals surface area contributed by atoms with Crippen LogP contribution in [0.2, 0.25) is 0 Å². The number of benzene rings is 2. The van der Waals surface area contributed by atoms with E-state index >= 15 is 0 Å². The average Bonchev–Trinajstić information content (AvgIpc) is 4.22. The van der Waals surface area contributed by atoms with Gasteiger partial charge in [0.15, 0.2) is 0 Å². The molecule has 3 saturated heterocycles. The van der Waals surface area contributed by atoms with Gasteiger partial charge in [-0.15, -0.1) is 0 Å². The van der Waals surface area contributed by atoms with Crippen LogP contribution in [0.25, 0.3) is 44.6 Å². The monoisotopic (exact) mass is 984 g/mol. The van der Waals surface area contributed by atoms with Crippen LogP contribution >= 0.6 is 0 Å². The summed E-state index contributed by atoms with van der Waals surface area (Å²) >= 11 is 0. The van der Waals surface area contributed by atoms with E-state index in [9.17, 15) is 44.4 Å². The van der Waals surface area contributed by atoms with Gasteiger partial charge in [0.25, 0.3) is 0 Å². The number of alkyl carbamates (subject to hydrolysis) is 2. The van der Waals surface area contributed by atoms with E-state index in [0.29, 0.717) is 66.5 Å². The molecule has 5 unspecified atom stereocenters. The molecule has 3 aliphatic heterocycles. The fraction of sp³-hybridized carbons (Fsp3) is 0.490. The topological polar surface area (TPSA) is 304 Å². The van der Waals surface area contributed by atoms with Crippen molar-refractivity contribution in [3.05, 3.63) is 76.9 Å². The standard InChI is InChI=1S/C49H60N8O14/c1-23(2)37(54-48(65)67-5)45(63)56-15-7-9-31(56)43-50-19-29(52-43)26-13-11-25(12-14-26)28-22-69-33-17-27(18-34(36(33)39(28)59)70-47-42(62)41(61)40(60)35(21-58)71-47)30-20-51-44(53-30)32-10-8-16-57(32)46(64)38(24(3)4)55-49(66)68-6/h11-14,17-20,22-24,31-32,35,37-38,40-42,47,58,60-62H,7-10,15-16,21H2,1-6H3,(H,50,52)(H,51,53)(H,54,65)(H,55,66)/t31-,32-,35?,37-,38-,40?,41?,42?,47?/m0/s1. The molecule has 5 aromatic rings. The molecule has 4 amide bonds. The lowest BCUT2D eigenvalue weighted by atomic mass is 9.99. The number of ether oxygens (including phenoxy) is 4. The number of hydrogen-bond acceptors (Lipinski definition) is 16. The zero-order chi connectivity index (χ0) is 50.8. The second kappa shape index (κ2) is 21.2. The largest absolute Gasteiger partial charge is 0.463 e. The maximum atomic E-state index is 14.6. The lowest BCUT2D eigenvalue weighted by molar-refractivity contribution is -0.277. The van der Waals surface area contributed by atoms with Crippen LogP contribution in [0.5, 0.6) is 5.75 Å². The molecule has 0 radical (unpaired) electrons. The van der Waals surface area contributed by atoms with E-state index in [2.05, 4.69) is 30.6 Å². The summed E-state index contributed by atoms with van der Waals surface area (Å²) in [5.74, 6) is -0.0135. The number of rotatable bonds is 14. The Hall–Kier alpha value is -6.85. The number of H-pyrrole nitrogens is 2. The summed E-state index contributed by atoms with van der Waals surface area (Å²) < 4.78 is 27.6. The van der Waals surface area contributed by atoms with Gasteiger partial charge >= 0.3 is 12.2 Å². The smallest absolute Gasteiger partial charge is 0.407 e. The normalized spacial score (nSPS) is 23.2. The number of imidazole rings is 2. The van der Waals surface area contributed by atoms with Crippen LogP contribution in [0.15, 0.2) is 64.3 Å². The van der Waals surface area contributed by atoms with E-state index in [1.165, 1.54) is 26.5 Å². The van der Waals surface area contributed by atoms with Gasteiger partial charge in [-0.05, 0) is 60.8 Å². The number of methoxy groups -OCH3 is 2. The van der Waals surface area contributed by atoms with Crippen LogP contribution in [0, 0.1) is 11.8 Å². The summed E-state index contributed by atoms with van der Waals surface area (Å²) in [7, 11) is 2.47. The van der Waals surface area contributed by atoms with E-state index in [-0.39, 0.29) is 52.0 Å². The Labute approximate surface area is 407 Å². The molecule has 22 nitrogen and oxygen atoms in total. The first-order valence-corrected chi connectivity index (χ1v) is 23.6. The summed E-state index contributed by atoms with van der Waals surface area (Å²) in [5.41, 5.74) is 2.44. The Bertz CT molecular complexity index is 2790. The van der Waals surface area contributed by atoms with Gasteiger partial charge in [-0.1, -0.05) is 52.0 Å². The highest BCUT2D eigenvalue weighted by molar-refractivity contribution is 5.91. The van der Waals surface area contributed by atoms with Crippen molar-refractivity contribution in [2.45, 2.75) is 108 Å². The van der Waals surface area contributed by atoms with Crippen molar-refractivity contribution in [2.24, 2.45) is 11.8 Å². The molecule has 8 rings (SSSR count). The maximum absolute atomic E-state index is 14.6. The third kappa shape index (κ3) is 10.2. The van der Waals surface area contributed by atoms with Crippen molar-refractivity contribution in [3.63, 3.8) is 0 Å². The SMILES string of the molecule is COC(=O)N[C@H](C(=O)N1CCC[C@H]1c1ncc(-c2ccc(-c3coc4cc(-c5cnc([C@@H]6CCCN6C(=O)[C@@H](NC(=O)OC)C(C)C)[nH]5)cc(OC5OC(CO)C(O)C(O)C5O)c4c3=O)cc2)[nH]1)C(C)C. The van der Waals surface area contributed by atoms with E-state index in [1.807, 2.05) is 27.7 Å². The van der Waals surface area contributed by atoms with E-state index in [0.717, 1.165) is 12.0 Å². The predicted molar refractivity (Wildman–Crippen MR) is 253 cm³/mol. The highest BCUT2D eigenvalue weighted by Gasteiger charge is 2.45. The van der Waals surface area contributed by atoms with E-state index in [1.54, 1.807) is 52.5 Å². The molecule has 71 heavy (non-hydrogen) atoms. The molecule has 0 saturated carbocycles. The molecule has 3 aromatic heterocycles. The second-order valence-corrected chi connectivity index (χ2v) is 18.7. The third-order valence-corrected chi connectivity index (χ3v) is 13.4. The van der Waals surface area contributed by atoms with Crippen molar-refractivity contribution in [3.8, 4) is 39.4 Å². The van der Waals surface area contributed by atoms with Crippen LogP contribution in [-0.4, -0.2) is 151 Å². The van der Waals surface area contributed by atoms with Gasteiger partial charge in [0, 0.05) is 18.7 Å². The zero-order valence-corrected chi connectivity index (χ0v) is 40.2. The maximum Gasteiger partial charge on any atom is 0.407 e. The molecular formula is C49H60N8O14. The van der Waals surface area contributed by atoms with Crippen LogP contribution < -0.4 is 20.8 Å². The van der Waals surface area contributed by atoms with Gasteiger partial charge in [-0.3, -0.25) is 14.4 Å². The minimum atomic E-state index is -1.80. The Balaban J connectivity index is 1.09. The molecule has 0 bridgehead atoms. The Kier molecular flexibility index (Phi) is 15.1. The molecule has 0 spiro atoms. The average molecular weight is 985 g/mol. The number of aliphatic hydroxyl groups excluding tert-OH is 4. The minimum Gasteiger partial charge on any atom is -0.463 e. The number of nitrogens with one attached hydrogen (secondary N) is 4. The summed E-state index contributed by atoms with van der Waals surface area (Å²) in [4.78, 5) is 85.6. The predicted octanol–water partition coefficient (Wildman–Crippen LogP) is 3.51. The van der Waals surface area contributed by atoms with Crippen LogP contribution in [-0.2, 0) is 23.8 Å². The van der Waals surface area contributed by atoms with Crippen molar-refractivity contribution in [1.82, 2.24) is 40.4 Å². The number of aliphatic hydroxyl groups is 4. The van der Waals surface area contributed by atoms with Gasteiger partial charge in [0.2, 0.25) is 23.5 Å². The first-order chi connectivity index (χ1) is 34.0. The lowest BCUT2D eigenvalue weighted by Gasteiger charge is -2.39. The highest BCUT2D eigenvalue weighted by Crippen LogP contribution is 2.38. The van der Waals surface area contributed by atoms with Crippen molar-refractivity contribution in [2.75, 3.05) is 33.9 Å². The number of fused-ring (bicyclic) bond motifs is 1. The fourth-order valence-corrected chi connectivity index (χ4v) is 9.48. The summed E-state index contributed by atoms with van der Waals surface area (Å²) in [5, 5.41) is 47.3. The third-order valence-electron chi connectivity index (χ3n) is 13.4. The van der Waals surface area contributed by atoms with Gasteiger partial charge in [0.1, 0.15) is 71.1 Å². The molecule has 3 aliphatic rings. The molecule has 0 aliphatic carbocycles. The molecule has 3 fully saturated rings. The van der Waals surface area contributed by atoms with Crippen molar-refractivity contribution in [1.29, 1.82) is 0 Å². The second-order valence-electron chi connectivity index (χ2n) is 18.7. The molecule has 22 heteroatoms. The molecule has 380 valence electrons. The lowest BCUT2D eigenvalue weighted by Crippen LogP contribution is -2.60. The van der Waals surface area contributed by atoms with Gasteiger partial charge in [-0.25, -0.2) is 19.6 Å². The number of aromatic amines is 2. The Morgan fingerprint density at radius 2 is 1.28 bits per heavy atom. The molecule has 2 aromatic carbocycles. The van der Waals surface area contributed by atoms with Crippen LogP contribution in [0.3, 0.4) is 0 Å². The summed E-state index contributed by atoms with van der Waals surface area (Å²) in [6.07, 6.45) is -2.38. The first-order valence-electron chi connectivity index (χ1n) is 23.6. The number of hydrogen-bond donors (Lipinski definition) is 8. The van der Waals surface area contributed by atoms with E-state index < -0.39 is 73.1 Å². The molecular weight excluding hydrogens is 925 g/mol. The number of nitrogens with zero attached hydrogens (tertiary/aromatic N) is 4. The Morgan fingerprint density at radius 1 is 0.761 bits per heavy atom. The van der Waals surface area contributed by atoms with Crippen molar-refractivity contribution >= 4 is 35.0 Å². The number of aromatic nitrogens is 4. The minimum absolute atomic E-state index is 0.0483. The number of likely N-dealkylation sites (tertiary alicyclic amines) is 2. The fourth-order valence-electron chi connectivity index (χ4n) is 9.48. The first kappa shape index (κ1) is 50.5. The van der Waals surface area contributed by atoms with Gasteiger partial charge in [-0.2, -0.15) is 0 Å². The van der Waals surface area contributed by atoms with Gasteiger partial charge in [0.05, 0.1) is 62.3 Å². The highest BCUT2D eigenvalue weighted by atomic mass is 16.7. The number of carbonyl (C=O) groups excluding carboxylic acids is 4. The molecule has 6 heterocycles. The number of carbonyl (C=O) groups is 4.